The molecule has 3 aliphatic carbocycles. The van der Waals surface area contributed by atoms with Crippen LogP contribution in [0.3, 0.4) is 0 Å². The van der Waals surface area contributed by atoms with Gasteiger partial charge in [0.1, 0.15) is 0 Å². The summed E-state index contributed by atoms with van der Waals surface area (Å²) in [5, 5.41) is 9.38. The molecule has 22 heavy (non-hydrogen) atoms. The highest BCUT2D eigenvalue weighted by Gasteiger charge is 2.56. The second kappa shape index (κ2) is 5.25. The number of carboxylic acids is 1. The van der Waals surface area contributed by atoms with E-state index in [1.54, 1.807) is 0 Å². The maximum absolute atomic E-state index is 11.4. The van der Waals surface area contributed by atoms with Gasteiger partial charge in [-0.05, 0) is 80.5 Å². The van der Waals surface area contributed by atoms with Crippen LogP contribution < -0.4 is 0 Å². The van der Waals surface area contributed by atoms with Crippen molar-refractivity contribution in [2.24, 2.45) is 28.6 Å². The molecule has 0 amide bonds. The van der Waals surface area contributed by atoms with Crippen LogP contribution in [0.2, 0.25) is 0 Å². The molecule has 3 aliphatic rings. The molecule has 0 saturated heterocycles. The van der Waals surface area contributed by atoms with E-state index in [0.29, 0.717) is 28.7 Å². The summed E-state index contributed by atoms with van der Waals surface area (Å²) in [5.74, 6) is 1.27. The topological polar surface area (TPSA) is 37.3 Å². The van der Waals surface area contributed by atoms with E-state index in [1.807, 2.05) is 6.08 Å². The molecule has 1 N–H and O–H groups in total. The zero-order valence-corrected chi connectivity index (χ0v) is 14.3. The lowest BCUT2D eigenvalue weighted by atomic mass is 9.51. The average molecular weight is 302 g/mol. The van der Waals surface area contributed by atoms with Gasteiger partial charge in [0.05, 0.1) is 0 Å². The van der Waals surface area contributed by atoms with Gasteiger partial charge in [0, 0.05) is 5.57 Å². The van der Waals surface area contributed by atoms with Crippen LogP contribution in [0.4, 0.5) is 0 Å². The van der Waals surface area contributed by atoms with Gasteiger partial charge in [0.25, 0.3) is 0 Å². The van der Waals surface area contributed by atoms with Crippen LogP contribution in [0.15, 0.2) is 23.8 Å². The Morgan fingerprint density at radius 2 is 1.91 bits per heavy atom. The quantitative estimate of drug-likeness (QED) is 0.711. The lowest BCUT2D eigenvalue weighted by molar-refractivity contribution is -0.132. The number of allylic oxidation sites excluding steroid dienone is 2. The standard InChI is InChI=1S/C20H30O2/c1-13(2)15-8-10-20(4)12-11-19(3)9-7-14(18(21)22)5-6-16(19)17(15)20/h7,15-17H,1,5-6,8-12H2,2-4H3,(H,21,22). The van der Waals surface area contributed by atoms with Gasteiger partial charge in [-0.25, -0.2) is 4.79 Å². The molecule has 2 heteroatoms. The molecule has 0 aromatic carbocycles. The van der Waals surface area contributed by atoms with Gasteiger partial charge in [-0.2, -0.15) is 0 Å². The molecule has 0 aromatic heterocycles. The van der Waals surface area contributed by atoms with Crippen molar-refractivity contribution in [3.63, 3.8) is 0 Å². The summed E-state index contributed by atoms with van der Waals surface area (Å²) in [6, 6.07) is 0. The van der Waals surface area contributed by atoms with E-state index in [1.165, 1.54) is 31.3 Å². The van der Waals surface area contributed by atoms with Crippen molar-refractivity contribution in [1.29, 1.82) is 0 Å². The molecule has 5 unspecified atom stereocenters. The molecule has 0 aliphatic heterocycles. The predicted octanol–water partition coefficient (Wildman–Crippen LogP) is 5.21. The fraction of sp³-hybridized carbons (Fsp3) is 0.750. The summed E-state index contributed by atoms with van der Waals surface area (Å²) in [6.07, 6.45) is 9.89. The first kappa shape index (κ1) is 15.8. The Labute approximate surface area is 134 Å². The summed E-state index contributed by atoms with van der Waals surface area (Å²) in [6.45, 7) is 11.4. The minimum absolute atomic E-state index is 0.277. The van der Waals surface area contributed by atoms with Crippen molar-refractivity contribution < 1.29 is 9.90 Å². The maximum atomic E-state index is 11.4. The minimum Gasteiger partial charge on any atom is -0.478 e. The Balaban J connectivity index is 1.95. The molecule has 2 fully saturated rings. The Hall–Kier alpha value is -1.05. The monoisotopic (exact) mass is 302 g/mol. The van der Waals surface area contributed by atoms with Crippen molar-refractivity contribution in [2.75, 3.05) is 0 Å². The highest BCUT2D eigenvalue weighted by molar-refractivity contribution is 5.86. The molecule has 2 saturated carbocycles. The maximum Gasteiger partial charge on any atom is 0.331 e. The van der Waals surface area contributed by atoms with E-state index < -0.39 is 5.97 Å². The molecular formula is C20H30O2. The average Bonchev–Trinajstić information content (AvgIpc) is 2.68. The molecule has 0 radical (unpaired) electrons. The number of fused-ring (bicyclic) bond motifs is 3. The minimum atomic E-state index is -0.715. The fourth-order valence-corrected chi connectivity index (χ4v) is 5.86. The first-order valence-electron chi connectivity index (χ1n) is 8.85. The Kier molecular flexibility index (Phi) is 3.78. The Morgan fingerprint density at radius 3 is 2.55 bits per heavy atom. The largest absolute Gasteiger partial charge is 0.478 e. The summed E-state index contributed by atoms with van der Waals surface area (Å²) in [5.41, 5.74) is 2.71. The zero-order chi connectivity index (χ0) is 16.1. The normalized spacial score (nSPS) is 44.5. The van der Waals surface area contributed by atoms with Crippen molar-refractivity contribution in [1.82, 2.24) is 0 Å². The second-order valence-corrected chi connectivity index (χ2v) is 8.71. The smallest absolute Gasteiger partial charge is 0.331 e. The lowest BCUT2D eigenvalue weighted by Crippen LogP contribution is -2.46. The fourth-order valence-electron chi connectivity index (χ4n) is 5.86. The third-order valence-electron chi connectivity index (χ3n) is 7.31. The van der Waals surface area contributed by atoms with Gasteiger partial charge in [-0.1, -0.05) is 32.1 Å². The van der Waals surface area contributed by atoms with Crippen molar-refractivity contribution in [3.05, 3.63) is 23.8 Å². The van der Waals surface area contributed by atoms with Crippen LogP contribution in [0.1, 0.15) is 65.7 Å². The van der Waals surface area contributed by atoms with Gasteiger partial charge in [-0.15, -0.1) is 0 Å². The van der Waals surface area contributed by atoms with Gasteiger partial charge in [-0.3, -0.25) is 0 Å². The number of aliphatic carboxylic acids is 1. The van der Waals surface area contributed by atoms with E-state index in [-0.39, 0.29) is 5.41 Å². The van der Waals surface area contributed by atoms with Crippen molar-refractivity contribution in [3.8, 4) is 0 Å². The van der Waals surface area contributed by atoms with Crippen LogP contribution in [0.5, 0.6) is 0 Å². The number of carboxylic acid groups (broad SMARTS) is 1. The van der Waals surface area contributed by atoms with Gasteiger partial charge in [0.15, 0.2) is 0 Å². The second-order valence-electron chi connectivity index (χ2n) is 8.71. The number of hydrogen-bond acceptors (Lipinski definition) is 1. The number of carbonyl (C=O) groups is 1. The van der Waals surface area contributed by atoms with Crippen LogP contribution in [-0.4, -0.2) is 11.1 Å². The zero-order valence-electron chi connectivity index (χ0n) is 14.3. The van der Waals surface area contributed by atoms with E-state index in [2.05, 4.69) is 27.4 Å². The predicted molar refractivity (Wildman–Crippen MR) is 89.5 cm³/mol. The van der Waals surface area contributed by atoms with Crippen LogP contribution in [0.25, 0.3) is 0 Å². The molecule has 2 nitrogen and oxygen atoms in total. The molecule has 0 aromatic rings. The highest BCUT2D eigenvalue weighted by atomic mass is 16.4. The van der Waals surface area contributed by atoms with Crippen molar-refractivity contribution >= 4 is 5.97 Å². The summed E-state index contributed by atoms with van der Waals surface area (Å²) >= 11 is 0. The Morgan fingerprint density at radius 1 is 1.23 bits per heavy atom. The van der Waals surface area contributed by atoms with E-state index in [9.17, 15) is 9.90 Å². The summed E-state index contributed by atoms with van der Waals surface area (Å²) in [4.78, 5) is 11.4. The highest BCUT2D eigenvalue weighted by Crippen LogP contribution is 2.65. The van der Waals surface area contributed by atoms with Gasteiger partial charge >= 0.3 is 5.97 Å². The molecule has 122 valence electrons. The molecule has 0 heterocycles. The van der Waals surface area contributed by atoms with Crippen molar-refractivity contribution in [2.45, 2.75) is 65.7 Å². The summed E-state index contributed by atoms with van der Waals surface area (Å²) < 4.78 is 0. The van der Waals surface area contributed by atoms with E-state index in [4.69, 9.17) is 0 Å². The lowest BCUT2D eigenvalue weighted by Gasteiger charge is -2.53. The van der Waals surface area contributed by atoms with Gasteiger partial charge < -0.3 is 5.11 Å². The third kappa shape index (κ3) is 2.35. The molecule has 5 atom stereocenters. The number of rotatable bonds is 2. The molecule has 0 spiro atoms. The first-order valence-corrected chi connectivity index (χ1v) is 8.85. The van der Waals surface area contributed by atoms with Gasteiger partial charge in [0.2, 0.25) is 0 Å². The van der Waals surface area contributed by atoms with E-state index >= 15 is 0 Å². The SMILES string of the molecule is C=C(C)C1CCC2(C)CCC3(C)CC=C(C(=O)O)CCC3C12. The molecule has 3 rings (SSSR count). The number of hydrogen-bond donors (Lipinski definition) is 1. The molecule has 0 bridgehead atoms. The molecular weight excluding hydrogens is 272 g/mol. The Bertz CT molecular complexity index is 532. The van der Waals surface area contributed by atoms with Crippen LogP contribution >= 0.6 is 0 Å². The first-order chi connectivity index (χ1) is 10.3. The van der Waals surface area contributed by atoms with E-state index in [0.717, 1.165) is 19.3 Å². The third-order valence-corrected chi connectivity index (χ3v) is 7.31. The van der Waals surface area contributed by atoms with Crippen LogP contribution in [-0.2, 0) is 4.79 Å². The van der Waals surface area contributed by atoms with Crippen LogP contribution in [0, 0.1) is 28.6 Å². The summed E-state index contributed by atoms with van der Waals surface area (Å²) in [7, 11) is 0.